The molecule has 0 spiro atoms. The molecule has 14 heavy (non-hydrogen) atoms. The van der Waals surface area contributed by atoms with Crippen molar-refractivity contribution < 1.29 is 4.79 Å². The van der Waals surface area contributed by atoms with Gasteiger partial charge in [0.1, 0.15) is 6.33 Å². The third kappa shape index (κ3) is 1.68. The summed E-state index contributed by atoms with van der Waals surface area (Å²) in [4.78, 5) is 15.9. The molecule has 1 unspecified atom stereocenters. The number of hydrogen-bond donors (Lipinski definition) is 1. The van der Waals surface area contributed by atoms with Gasteiger partial charge in [-0.05, 0) is 19.4 Å². The fraction of sp³-hybridized carbons (Fsp3) is 0.667. The van der Waals surface area contributed by atoms with E-state index in [2.05, 4.69) is 15.4 Å². The molecule has 0 bridgehead atoms. The summed E-state index contributed by atoms with van der Waals surface area (Å²) in [6.45, 7) is 1.79. The second-order valence-corrected chi connectivity index (χ2v) is 3.61. The van der Waals surface area contributed by atoms with Gasteiger partial charge in [-0.25, -0.2) is 9.67 Å². The molecule has 5 heteroatoms. The topological polar surface area (TPSA) is 59.8 Å². The average molecular weight is 194 g/mol. The molecule has 5 nitrogen and oxygen atoms in total. The van der Waals surface area contributed by atoms with Crippen molar-refractivity contribution in [2.24, 2.45) is 13.0 Å². The van der Waals surface area contributed by atoms with Crippen LogP contribution in [0.2, 0.25) is 0 Å². The normalized spacial score (nSPS) is 22.2. The molecule has 1 atom stereocenters. The van der Waals surface area contributed by atoms with Crippen molar-refractivity contribution in [2.75, 3.05) is 13.1 Å². The molecule has 2 rings (SSSR count). The summed E-state index contributed by atoms with van der Waals surface area (Å²) in [6, 6.07) is 0. The number of hydrogen-bond acceptors (Lipinski definition) is 4. The minimum atomic E-state index is 0.0756. The highest BCUT2D eigenvalue weighted by molar-refractivity contribution is 5.94. The van der Waals surface area contributed by atoms with Crippen molar-refractivity contribution in [1.82, 2.24) is 20.1 Å². The first-order valence-corrected chi connectivity index (χ1v) is 4.88. The molecule has 1 aromatic heterocycles. The van der Waals surface area contributed by atoms with Crippen molar-refractivity contribution in [3.05, 3.63) is 12.2 Å². The quantitative estimate of drug-likeness (QED) is 0.673. The largest absolute Gasteiger partial charge is 0.316 e. The maximum absolute atomic E-state index is 11.9. The van der Waals surface area contributed by atoms with Gasteiger partial charge in [0.2, 0.25) is 5.78 Å². The van der Waals surface area contributed by atoms with Gasteiger partial charge in [0.15, 0.2) is 5.82 Å². The Balaban J connectivity index is 2.11. The van der Waals surface area contributed by atoms with Crippen LogP contribution in [0.3, 0.4) is 0 Å². The van der Waals surface area contributed by atoms with Crippen molar-refractivity contribution in [1.29, 1.82) is 0 Å². The van der Waals surface area contributed by atoms with Crippen LogP contribution >= 0.6 is 0 Å². The monoisotopic (exact) mass is 194 g/mol. The van der Waals surface area contributed by atoms with Gasteiger partial charge in [-0.3, -0.25) is 4.79 Å². The SMILES string of the molecule is Cn1ncnc1C(=O)C1CCCNC1. The number of aryl methyl sites for hydroxylation is 1. The van der Waals surface area contributed by atoms with E-state index in [4.69, 9.17) is 0 Å². The highest BCUT2D eigenvalue weighted by atomic mass is 16.1. The summed E-state index contributed by atoms with van der Waals surface area (Å²) in [7, 11) is 1.75. The molecular formula is C9H14N4O. The maximum Gasteiger partial charge on any atom is 0.204 e. The lowest BCUT2D eigenvalue weighted by atomic mass is 9.95. The van der Waals surface area contributed by atoms with Gasteiger partial charge in [-0.2, -0.15) is 5.10 Å². The number of aromatic nitrogens is 3. The Bertz CT molecular complexity index is 327. The lowest BCUT2D eigenvalue weighted by Gasteiger charge is -2.20. The number of ketones is 1. The van der Waals surface area contributed by atoms with E-state index in [-0.39, 0.29) is 11.7 Å². The van der Waals surface area contributed by atoms with Crippen LogP contribution in [0, 0.1) is 5.92 Å². The Labute approximate surface area is 82.5 Å². The molecular weight excluding hydrogens is 180 g/mol. The number of carbonyl (C=O) groups excluding carboxylic acids is 1. The van der Waals surface area contributed by atoms with Gasteiger partial charge in [-0.15, -0.1) is 0 Å². The van der Waals surface area contributed by atoms with E-state index < -0.39 is 0 Å². The fourth-order valence-corrected chi connectivity index (χ4v) is 1.78. The van der Waals surface area contributed by atoms with Crippen LogP contribution in [-0.4, -0.2) is 33.6 Å². The number of Topliss-reactive ketones (excluding diaryl/α,β-unsaturated/α-hetero) is 1. The number of carbonyl (C=O) groups is 1. The number of rotatable bonds is 2. The van der Waals surface area contributed by atoms with Crippen LogP contribution in [0.5, 0.6) is 0 Å². The summed E-state index contributed by atoms with van der Waals surface area (Å²) < 4.78 is 1.54. The highest BCUT2D eigenvalue weighted by Crippen LogP contribution is 2.14. The molecule has 0 saturated carbocycles. The molecule has 1 aromatic rings. The van der Waals surface area contributed by atoms with E-state index in [0.717, 1.165) is 25.9 Å². The van der Waals surface area contributed by atoms with Gasteiger partial charge in [0.25, 0.3) is 0 Å². The highest BCUT2D eigenvalue weighted by Gasteiger charge is 2.25. The molecule has 76 valence electrons. The zero-order chi connectivity index (χ0) is 9.97. The maximum atomic E-state index is 11.9. The van der Waals surface area contributed by atoms with Crippen molar-refractivity contribution in [2.45, 2.75) is 12.8 Å². The zero-order valence-electron chi connectivity index (χ0n) is 8.23. The standard InChI is InChI=1S/C9H14N4O/c1-13-9(11-6-12-13)8(14)7-3-2-4-10-5-7/h6-7,10H,2-5H2,1H3. The van der Waals surface area contributed by atoms with Gasteiger partial charge in [0.05, 0.1) is 0 Å². The van der Waals surface area contributed by atoms with E-state index in [0.29, 0.717) is 5.82 Å². The summed E-state index contributed by atoms with van der Waals surface area (Å²) in [6.07, 6.45) is 3.44. The smallest absolute Gasteiger partial charge is 0.204 e. The van der Waals surface area contributed by atoms with Gasteiger partial charge < -0.3 is 5.32 Å². The van der Waals surface area contributed by atoms with Crippen LogP contribution in [-0.2, 0) is 7.05 Å². The van der Waals surface area contributed by atoms with E-state index in [1.165, 1.54) is 11.0 Å². The minimum Gasteiger partial charge on any atom is -0.316 e. The van der Waals surface area contributed by atoms with Crippen LogP contribution in [0.4, 0.5) is 0 Å². The number of nitrogens with zero attached hydrogens (tertiary/aromatic N) is 3. The molecule has 0 radical (unpaired) electrons. The Hall–Kier alpha value is -1.23. The van der Waals surface area contributed by atoms with Crippen LogP contribution < -0.4 is 5.32 Å². The average Bonchev–Trinajstić information content (AvgIpc) is 2.65. The molecule has 2 heterocycles. The first-order valence-electron chi connectivity index (χ1n) is 4.88. The number of nitrogens with one attached hydrogen (secondary N) is 1. The predicted octanol–water partition coefficient (Wildman–Crippen LogP) is -0.00260. The summed E-state index contributed by atoms with van der Waals surface area (Å²) in [5.74, 6) is 0.655. The molecule has 1 aliphatic heterocycles. The minimum absolute atomic E-state index is 0.0756. The predicted molar refractivity (Wildman–Crippen MR) is 50.9 cm³/mol. The molecule has 1 aliphatic rings. The van der Waals surface area contributed by atoms with Crippen molar-refractivity contribution >= 4 is 5.78 Å². The molecule has 1 saturated heterocycles. The first kappa shape index (κ1) is 9.33. The first-order chi connectivity index (χ1) is 6.79. The summed E-state index contributed by atoms with van der Waals surface area (Å²) in [5.41, 5.74) is 0. The van der Waals surface area contributed by atoms with Crippen molar-refractivity contribution in [3.8, 4) is 0 Å². The fourth-order valence-electron chi connectivity index (χ4n) is 1.78. The van der Waals surface area contributed by atoms with Crippen molar-refractivity contribution in [3.63, 3.8) is 0 Å². The second kappa shape index (κ2) is 3.88. The molecule has 0 amide bonds. The second-order valence-electron chi connectivity index (χ2n) is 3.61. The third-order valence-corrected chi connectivity index (χ3v) is 2.60. The third-order valence-electron chi connectivity index (χ3n) is 2.60. The molecule has 0 aliphatic carbocycles. The summed E-state index contributed by atoms with van der Waals surface area (Å²) in [5, 5.41) is 7.12. The Morgan fingerprint density at radius 1 is 1.71 bits per heavy atom. The van der Waals surface area contributed by atoms with Crippen LogP contribution in [0.25, 0.3) is 0 Å². The Kier molecular flexibility index (Phi) is 2.58. The molecule has 0 aromatic carbocycles. The van der Waals surface area contributed by atoms with Gasteiger partial charge in [-0.1, -0.05) is 0 Å². The van der Waals surface area contributed by atoms with E-state index in [1.54, 1.807) is 7.05 Å². The van der Waals surface area contributed by atoms with E-state index in [1.807, 2.05) is 0 Å². The van der Waals surface area contributed by atoms with E-state index in [9.17, 15) is 4.79 Å². The number of piperidine rings is 1. The van der Waals surface area contributed by atoms with Crippen LogP contribution in [0.15, 0.2) is 6.33 Å². The van der Waals surface area contributed by atoms with Gasteiger partial charge in [0, 0.05) is 19.5 Å². The van der Waals surface area contributed by atoms with E-state index >= 15 is 0 Å². The Morgan fingerprint density at radius 3 is 3.14 bits per heavy atom. The molecule has 1 N–H and O–H groups in total. The molecule has 1 fully saturated rings. The lowest BCUT2D eigenvalue weighted by molar-refractivity contribution is 0.0884. The Morgan fingerprint density at radius 2 is 2.57 bits per heavy atom. The lowest BCUT2D eigenvalue weighted by Crippen LogP contribution is -2.35. The zero-order valence-corrected chi connectivity index (χ0v) is 8.23. The van der Waals surface area contributed by atoms with Crippen LogP contribution in [0.1, 0.15) is 23.5 Å². The van der Waals surface area contributed by atoms with Gasteiger partial charge >= 0.3 is 0 Å². The summed E-state index contributed by atoms with van der Waals surface area (Å²) >= 11 is 0.